The number of nitrogens with one attached hydrogen (secondary N) is 1. The monoisotopic (exact) mass is 185 g/mol. The number of methoxy groups -OCH3 is 1. The van der Waals surface area contributed by atoms with E-state index < -0.39 is 0 Å². The molecule has 1 atom stereocenters. The van der Waals surface area contributed by atoms with E-state index in [-0.39, 0.29) is 0 Å². The van der Waals surface area contributed by atoms with Crippen LogP contribution in [0.25, 0.3) is 0 Å². The fourth-order valence-corrected chi connectivity index (χ4v) is 2.25. The molecule has 2 nitrogen and oxygen atoms in total. The first-order valence-corrected chi connectivity index (χ1v) is 5.53. The van der Waals surface area contributed by atoms with Gasteiger partial charge in [-0.2, -0.15) is 0 Å². The van der Waals surface area contributed by atoms with E-state index in [0.717, 1.165) is 12.5 Å². The fourth-order valence-electron chi connectivity index (χ4n) is 2.25. The van der Waals surface area contributed by atoms with E-state index >= 15 is 0 Å². The molecule has 1 N–H and O–H groups in total. The highest BCUT2D eigenvalue weighted by atomic mass is 16.5. The molecule has 0 saturated heterocycles. The van der Waals surface area contributed by atoms with Crippen molar-refractivity contribution in [1.29, 1.82) is 0 Å². The molecular formula is C11H23NO. The van der Waals surface area contributed by atoms with Crippen molar-refractivity contribution in [1.82, 2.24) is 5.32 Å². The molecule has 1 rings (SSSR count). The summed E-state index contributed by atoms with van der Waals surface area (Å²) >= 11 is 0. The summed E-state index contributed by atoms with van der Waals surface area (Å²) in [4.78, 5) is 0. The minimum absolute atomic E-state index is 0.561. The van der Waals surface area contributed by atoms with Crippen molar-refractivity contribution in [2.75, 3.05) is 20.8 Å². The van der Waals surface area contributed by atoms with Gasteiger partial charge >= 0.3 is 0 Å². The van der Waals surface area contributed by atoms with Gasteiger partial charge in [0.2, 0.25) is 0 Å². The minimum Gasteiger partial charge on any atom is -0.383 e. The molecular weight excluding hydrogens is 162 g/mol. The summed E-state index contributed by atoms with van der Waals surface area (Å²) < 4.78 is 5.15. The Morgan fingerprint density at radius 2 is 2.08 bits per heavy atom. The smallest absolute Gasteiger partial charge is 0.0615 e. The van der Waals surface area contributed by atoms with Crippen LogP contribution in [-0.2, 0) is 4.74 Å². The van der Waals surface area contributed by atoms with E-state index in [4.69, 9.17) is 4.74 Å². The Bertz CT molecular complexity index is 121. The van der Waals surface area contributed by atoms with E-state index in [0.29, 0.717) is 6.04 Å². The molecule has 0 aromatic rings. The molecule has 78 valence electrons. The van der Waals surface area contributed by atoms with Gasteiger partial charge in [-0.15, -0.1) is 0 Å². The molecule has 2 heteroatoms. The number of hydrogen-bond acceptors (Lipinski definition) is 2. The van der Waals surface area contributed by atoms with Crippen molar-refractivity contribution < 1.29 is 4.74 Å². The second kappa shape index (κ2) is 6.39. The number of rotatable bonds is 6. The molecule has 0 bridgehead atoms. The molecule has 0 aromatic heterocycles. The zero-order chi connectivity index (χ0) is 9.52. The zero-order valence-corrected chi connectivity index (χ0v) is 9.01. The highest BCUT2D eigenvalue weighted by molar-refractivity contribution is 4.71. The van der Waals surface area contributed by atoms with Crippen molar-refractivity contribution in [2.45, 2.75) is 44.6 Å². The Kier molecular flexibility index (Phi) is 5.40. The Morgan fingerprint density at radius 1 is 1.38 bits per heavy atom. The first-order valence-electron chi connectivity index (χ1n) is 5.53. The summed E-state index contributed by atoms with van der Waals surface area (Å²) in [6, 6.07) is 0.561. The van der Waals surface area contributed by atoms with Gasteiger partial charge in [-0.25, -0.2) is 0 Å². The van der Waals surface area contributed by atoms with Crippen molar-refractivity contribution in [3.63, 3.8) is 0 Å². The highest BCUT2D eigenvalue weighted by Crippen LogP contribution is 2.28. The summed E-state index contributed by atoms with van der Waals surface area (Å²) in [6.07, 6.45) is 8.50. The number of likely N-dealkylation sites (N-methyl/N-ethyl adjacent to an activating group) is 1. The van der Waals surface area contributed by atoms with Crippen LogP contribution in [0.3, 0.4) is 0 Å². The number of ether oxygens (including phenoxy) is 1. The van der Waals surface area contributed by atoms with E-state index in [2.05, 4.69) is 5.32 Å². The average molecular weight is 185 g/mol. The van der Waals surface area contributed by atoms with Gasteiger partial charge in [-0.05, 0) is 25.8 Å². The van der Waals surface area contributed by atoms with Gasteiger partial charge in [-0.3, -0.25) is 0 Å². The second-order valence-electron chi connectivity index (χ2n) is 4.17. The predicted octanol–water partition coefficient (Wildman–Crippen LogP) is 2.19. The van der Waals surface area contributed by atoms with Crippen LogP contribution in [0.2, 0.25) is 0 Å². The Balaban J connectivity index is 2.07. The van der Waals surface area contributed by atoms with E-state index in [1.54, 1.807) is 7.11 Å². The summed E-state index contributed by atoms with van der Waals surface area (Å²) in [6.45, 7) is 0.850. The molecule has 1 aliphatic carbocycles. The Labute approximate surface area is 82.0 Å². The third kappa shape index (κ3) is 4.10. The Hall–Kier alpha value is -0.0800. The third-order valence-corrected chi connectivity index (χ3v) is 3.17. The van der Waals surface area contributed by atoms with Crippen molar-refractivity contribution in [2.24, 2.45) is 5.92 Å². The van der Waals surface area contributed by atoms with Crippen LogP contribution in [0.15, 0.2) is 0 Å². The quantitative estimate of drug-likeness (QED) is 0.685. The second-order valence-corrected chi connectivity index (χ2v) is 4.17. The van der Waals surface area contributed by atoms with Gasteiger partial charge in [0.25, 0.3) is 0 Å². The molecule has 0 spiro atoms. The third-order valence-electron chi connectivity index (χ3n) is 3.17. The summed E-state index contributed by atoms with van der Waals surface area (Å²) in [5, 5.41) is 3.30. The lowest BCUT2D eigenvalue weighted by atomic mass is 9.99. The number of hydrogen-bond donors (Lipinski definition) is 1. The first-order chi connectivity index (χ1) is 6.36. The summed E-state index contributed by atoms with van der Waals surface area (Å²) in [5.41, 5.74) is 0. The maximum absolute atomic E-state index is 5.15. The molecule has 1 unspecified atom stereocenters. The molecule has 0 radical (unpaired) electrons. The maximum atomic E-state index is 5.15. The van der Waals surface area contributed by atoms with Gasteiger partial charge in [0.15, 0.2) is 0 Å². The van der Waals surface area contributed by atoms with E-state index in [1.165, 1.54) is 38.5 Å². The van der Waals surface area contributed by atoms with Crippen LogP contribution in [0.1, 0.15) is 38.5 Å². The van der Waals surface area contributed by atoms with Crippen LogP contribution in [-0.4, -0.2) is 26.8 Å². The van der Waals surface area contributed by atoms with Crippen LogP contribution in [0.4, 0.5) is 0 Å². The van der Waals surface area contributed by atoms with Gasteiger partial charge in [0, 0.05) is 13.2 Å². The molecule has 0 amide bonds. The van der Waals surface area contributed by atoms with E-state index in [1.807, 2.05) is 7.05 Å². The Morgan fingerprint density at radius 3 is 2.62 bits per heavy atom. The molecule has 1 aliphatic rings. The van der Waals surface area contributed by atoms with Gasteiger partial charge < -0.3 is 10.1 Å². The molecule has 1 fully saturated rings. The van der Waals surface area contributed by atoms with Crippen LogP contribution in [0, 0.1) is 5.92 Å². The average Bonchev–Trinajstić information content (AvgIpc) is 2.64. The van der Waals surface area contributed by atoms with Crippen molar-refractivity contribution in [3.8, 4) is 0 Å². The lowest BCUT2D eigenvalue weighted by Gasteiger charge is -2.17. The predicted molar refractivity (Wildman–Crippen MR) is 55.9 cm³/mol. The minimum atomic E-state index is 0.561. The lowest BCUT2D eigenvalue weighted by molar-refractivity contribution is 0.162. The normalized spacial score (nSPS) is 20.8. The maximum Gasteiger partial charge on any atom is 0.0615 e. The van der Waals surface area contributed by atoms with Gasteiger partial charge in [-0.1, -0.05) is 25.7 Å². The SMILES string of the molecule is CNC(CCC1CCCC1)COC. The van der Waals surface area contributed by atoms with Crippen molar-refractivity contribution >= 4 is 0 Å². The molecule has 0 aromatic carbocycles. The van der Waals surface area contributed by atoms with Crippen LogP contribution >= 0.6 is 0 Å². The van der Waals surface area contributed by atoms with Crippen molar-refractivity contribution in [3.05, 3.63) is 0 Å². The van der Waals surface area contributed by atoms with Crippen LogP contribution in [0.5, 0.6) is 0 Å². The molecule has 13 heavy (non-hydrogen) atoms. The largest absolute Gasteiger partial charge is 0.383 e. The summed E-state index contributed by atoms with van der Waals surface area (Å²) in [7, 11) is 3.80. The van der Waals surface area contributed by atoms with E-state index in [9.17, 15) is 0 Å². The van der Waals surface area contributed by atoms with Gasteiger partial charge in [0.1, 0.15) is 0 Å². The molecule has 1 saturated carbocycles. The van der Waals surface area contributed by atoms with Gasteiger partial charge in [0.05, 0.1) is 6.61 Å². The topological polar surface area (TPSA) is 21.3 Å². The standard InChI is InChI=1S/C11H23NO/c1-12-11(9-13-2)8-7-10-5-3-4-6-10/h10-12H,3-9H2,1-2H3. The fraction of sp³-hybridized carbons (Fsp3) is 1.00. The first kappa shape index (κ1) is 11.0. The highest BCUT2D eigenvalue weighted by Gasteiger charge is 2.16. The lowest BCUT2D eigenvalue weighted by Crippen LogP contribution is -2.30. The molecule has 0 heterocycles. The molecule has 0 aliphatic heterocycles. The summed E-state index contributed by atoms with van der Waals surface area (Å²) in [5.74, 6) is 1.01. The zero-order valence-electron chi connectivity index (χ0n) is 9.01. The van der Waals surface area contributed by atoms with Crippen LogP contribution < -0.4 is 5.32 Å².